The Morgan fingerprint density at radius 1 is 1.39 bits per heavy atom. The van der Waals surface area contributed by atoms with Crippen LogP contribution in [0.4, 0.5) is 0 Å². The van der Waals surface area contributed by atoms with Crippen LogP contribution in [0.2, 0.25) is 0 Å². The lowest BCUT2D eigenvalue weighted by atomic mass is 10.1. The van der Waals surface area contributed by atoms with Crippen molar-refractivity contribution in [2.45, 2.75) is 45.7 Å². The molecule has 0 aliphatic carbocycles. The van der Waals surface area contributed by atoms with Crippen molar-refractivity contribution in [1.82, 2.24) is 14.7 Å². The van der Waals surface area contributed by atoms with Crippen molar-refractivity contribution in [2.75, 3.05) is 13.1 Å². The van der Waals surface area contributed by atoms with Gasteiger partial charge in [0.1, 0.15) is 5.56 Å². The van der Waals surface area contributed by atoms with Crippen LogP contribution >= 0.6 is 0 Å². The predicted octanol–water partition coefficient (Wildman–Crippen LogP) is 1.93. The van der Waals surface area contributed by atoms with E-state index in [1.54, 1.807) is 0 Å². The largest absolute Gasteiger partial charge is 0.478 e. The molecule has 1 saturated heterocycles. The Morgan fingerprint density at radius 3 is 2.50 bits per heavy atom. The summed E-state index contributed by atoms with van der Waals surface area (Å²) >= 11 is 0. The minimum atomic E-state index is -0.889. The molecule has 2 rings (SSSR count). The Hall–Kier alpha value is -1.36. The number of aromatic nitrogens is 2. The van der Waals surface area contributed by atoms with Crippen molar-refractivity contribution in [2.24, 2.45) is 0 Å². The van der Waals surface area contributed by atoms with E-state index >= 15 is 0 Å². The third-order valence-electron chi connectivity index (χ3n) is 3.31. The molecule has 5 heteroatoms. The van der Waals surface area contributed by atoms with E-state index in [4.69, 9.17) is 0 Å². The van der Waals surface area contributed by atoms with E-state index in [1.807, 2.05) is 25.5 Å². The van der Waals surface area contributed by atoms with E-state index in [2.05, 4.69) is 10.00 Å². The molecule has 1 aliphatic heterocycles. The number of hydrogen-bond donors (Lipinski definition) is 1. The molecule has 100 valence electrons. The Kier molecular flexibility index (Phi) is 3.43. The molecule has 0 unspecified atom stereocenters. The second kappa shape index (κ2) is 4.72. The fourth-order valence-corrected chi connectivity index (χ4v) is 2.44. The molecular formula is C13H21N3O2. The maximum absolute atomic E-state index is 11.3. The fourth-order valence-electron chi connectivity index (χ4n) is 2.44. The maximum atomic E-state index is 11.3. The van der Waals surface area contributed by atoms with Crippen LogP contribution in [0.25, 0.3) is 0 Å². The van der Waals surface area contributed by atoms with Gasteiger partial charge < -0.3 is 5.11 Å². The molecule has 1 fully saturated rings. The van der Waals surface area contributed by atoms with Crippen molar-refractivity contribution in [3.05, 3.63) is 17.5 Å². The van der Waals surface area contributed by atoms with Crippen molar-refractivity contribution in [1.29, 1.82) is 0 Å². The zero-order valence-electron chi connectivity index (χ0n) is 11.3. The summed E-state index contributed by atoms with van der Waals surface area (Å²) in [7, 11) is 0. The topological polar surface area (TPSA) is 58.4 Å². The number of likely N-dealkylation sites (tertiary alicyclic amines) is 1. The van der Waals surface area contributed by atoms with Gasteiger partial charge in [0.15, 0.2) is 0 Å². The minimum Gasteiger partial charge on any atom is -0.478 e. The summed E-state index contributed by atoms with van der Waals surface area (Å²) in [6, 6.07) is 0. The predicted molar refractivity (Wildman–Crippen MR) is 68.7 cm³/mol. The molecule has 18 heavy (non-hydrogen) atoms. The standard InChI is InChI=1S/C13H21N3O2/c1-13(2,3)16-11(9-15-6-4-5-7-15)10(8-14-16)12(17)18/h8H,4-7,9H2,1-3H3,(H,17,18). The summed E-state index contributed by atoms with van der Waals surface area (Å²) in [5.41, 5.74) is 0.955. The van der Waals surface area contributed by atoms with Gasteiger partial charge in [-0.05, 0) is 46.7 Å². The first-order valence-electron chi connectivity index (χ1n) is 6.42. The molecule has 2 heterocycles. The average molecular weight is 251 g/mol. The number of carbonyl (C=O) groups is 1. The Labute approximate surface area is 107 Å². The van der Waals surface area contributed by atoms with E-state index in [9.17, 15) is 9.90 Å². The Bertz CT molecular complexity index is 440. The van der Waals surface area contributed by atoms with Gasteiger partial charge in [0.05, 0.1) is 17.4 Å². The molecule has 1 aliphatic rings. The van der Waals surface area contributed by atoms with E-state index in [0.717, 1.165) is 18.8 Å². The van der Waals surface area contributed by atoms with Crippen LogP contribution in [0.3, 0.4) is 0 Å². The van der Waals surface area contributed by atoms with Gasteiger partial charge in [0.2, 0.25) is 0 Å². The normalized spacial score (nSPS) is 17.3. The van der Waals surface area contributed by atoms with Crippen LogP contribution in [0.1, 0.15) is 49.7 Å². The van der Waals surface area contributed by atoms with Crippen LogP contribution in [-0.4, -0.2) is 38.8 Å². The van der Waals surface area contributed by atoms with Gasteiger partial charge in [-0.1, -0.05) is 0 Å². The molecule has 0 amide bonds. The summed E-state index contributed by atoms with van der Waals surface area (Å²) in [6.07, 6.45) is 3.87. The van der Waals surface area contributed by atoms with Crippen molar-refractivity contribution < 1.29 is 9.90 Å². The SMILES string of the molecule is CC(C)(C)n1ncc(C(=O)O)c1CN1CCCC1. The smallest absolute Gasteiger partial charge is 0.339 e. The van der Waals surface area contributed by atoms with Gasteiger partial charge in [0, 0.05) is 6.54 Å². The lowest BCUT2D eigenvalue weighted by molar-refractivity contribution is 0.0694. The molecule has 0 saturated carbocycles. The van der Waals surface area contributed by atoms with Gasteiger partial charge in [-0.3, -0.25) is 9.58 Å². The highest BCUT2D eigenvalue weighted by Crippen LogP contribution is 2.22. The summed E-state index contributed by atoms with van der Waals surface area (Å²) in [4.78, 5) is 13.6. The molecule has 0 aromatic carbocycles. The molecule has 0 bridgehead atoms. The summed E-state index contributed by atoms with van der Waals surface area (Å²) in [5, 5.41) is 13.5. The Balaban J connectivity index is 2.33. The molecule has 1 aromatic rings. The summed E-state index contributed by atoms with van der Waals surface area (Å²) in [6.45, 7) is 8.90. The van der Waals surface area contributed by atoms with E-state index in [-0.39, 0.29) is 5.54 Å². The molecular weight excluding hydrogens is 230 g/mol. The van der Waals surface area contributed by atoms with Crippen LogP contribution < -0.4 is 0 Å². The average Bonchev–Trinajstić information content (AvgIpc) is 2.85. The van der Waals surface area contributed by atoms with E-state index in [0.29, 0.717) is 12.1 Å². The Morgan fingerprint density at radius 2 is 2.00 bits per heavy atom. The quantitative estimate of drug-likeness (QED) is 0.891. The minimum absolute atomic E-state index is 0.192. The van der Waals surface area contributed by atoms with Crippen LogP contribution in [0.5, 0.6) is 0 Å². The van der Waals surface area contributed by atoms with Crippen LogP contribution in [-0.2, 0) is 12.1 Å². The highest BCUT2D eigenvalue weighted by atomic mass is 16.4. The lowest BCUT2D eigenvalue weighted by Gasteiger charge is -2.25. The summed E-state index contributed by atoms with van der Waals surface area (Å²) in [5.74, 6) is -0.889. The lowest BCUT2D eigenvalue weighted by Crippen LogP contribution is -2.29. The van der Waals surface area contributed by atoms with Crippen molar-refractivity contribution >= 4 is 5.97 Å². The maximum Gasteiger partial charge on any atom is 0.339 e. The molecule has 0 radical (unpaired) electrons. The number of rotatable bonds is 3. The molecule has 0 atom stereocenters. The van der Waals surface area contributed by atoms with Gasteiger partial charge in [0.25, 0.3) is 0 Å². The van der Waals surface area contributed by atoms with Gasteiger partial charge in [-0.25, -0.2) is 4.79 Å². The van der Waals surface area contributed by atoms with Crippen LogP contribution in [0.15, 0.2) is 6.20 Å². The van der Waals surface area contributed by atoms with Gasteiger partial charge in [-0.2, -0.15) is 5.10 Å². The van der Waals surface area contributed by atoms with Crippen molar-refractivity contribution in [3.63, 3.8) is 0 Å². The zero-order chi connectivity index (χ0) is 13.3. The molecule has 1 aromatic heterocycles. The number of carboxylic acid groups (broad SMARTS) is 1. The van der Waals surface area contributed by atoms with Gasteiger partial charge in [-0.15, -0.1) is 0 Å². The number of carboxylic acids is 1. The first-order valence-corrected chi connectivity index (χ1v) is 6.42. The second-order valence-corrected chi connectivity index (χ2v) is 5.88. The highest BCUT2D eigenvalue weighted by molar-refractivity contribution is 5.88. The summed E-state index contributed by atoms with van der Waals surface area (Å²) < 4.78 is 1.84. The third kappa shape index (κ3) is 2.56. The fraction of sp³-hybridized carbons (Fsp3) is 0.692. The zero-order valence-corrected chi connectivity index (χ0v) is 11.3. The van der Waals surface area contributed by atoms with E-state index in [1.165, 1.54) is 19.0 Å². The molecule has 0 spiro atoms. The number of nitrogens with zero attached hydrogens (tertiary/aromatic N) is 3. The molecule has 5 nitrogen and oxygen atoms in total. The van der Waals surface area contributed by atoms with E-state index < -0.39 is 5.97 Å². The van der Waals surface area contributed by atoms with Gasteiger partial charge >= 0.3 is 5.97 Å². The molecule has 1 N–H and O–H groups in total. The first-order chi connectivity index (χ1) is 8.39. The highest BCUT2D eigenvalue weighted by Gasteiger charge is 2.26. The van der Waals surface area contributed by atoms with Crippen LogP contribution in [0, 0.1) is 0 Å². The first kappa shape index (κ1) is 13.1. The third-order valence-corrected chi connectivity index (χ3v) is 3.31. The monoisotopic (exact) mass is 251 g/mol. The number of aromatic carboxylic acids is 1. The number of hydrogen-bond acceptors (Lipinski definition) is 3. The second-order valence-electron chi connectivity index (χ2n) is 5.88. The van der Waals surface area contributed by atoms with Crippen molar-refractivity contribution in [3.8, 4) is 0 Å².